The number of carbonyl (C=O) groups is 1. The summed E-state index contributed by atoms with van der Waals surface area (Å²) < 4.78 is 0. The molecule has 1 fully saturated rings. The Bertz CT molecular complexity index is 456. The lowest BCUT2D eigenvalue weighted by molar-refractivity contribution is 0.0532. The molecule has 5 nitrogen and oxygen atoms in total. The van der Waals surface area contributed by atoms with Crippen LogP contribution in [0.4, 0.5) is 0 Å². The van der Waals surface area contributed by atoms with Crippen molar-refractivity contribution in [3.63, 3.8) is 0 Å². The summed E-state index contributed by atoms with van der Waals surface area (Å²) in [5.74, 6) is -0.0442. The highest BCUT2D eigenvalue weighted by Crippen LogP contribution is 2.27. The van der Waals surface area contributed by atoms with Gasteiger partial charge in [-0.3, -0.25) is 4.79 Å². The number of rotatable bonds is 2. The van der Waals surface area contributed by atoms with E-state index in [1.807, 2.05) is 0 Å². The molecule has 0 bridgehead atoms. The molecule has 1 aliphatic rings. The lowest BCUT2D eigenvalue weighted by Gasteiger charge is -2.39. The minimum atomic E-state index is -0.187. The summed E-state index contributed by atoms with van der Waals surface area (Å²) in [6.45, 7) is 3.19. The van der Waals surface area contributed by atoms with E-state index in [0.717, 1.165) is 12.8 Å². The Kier molecular flexibility index (Phi) is 3.95. The van der Waals surface area contributed by atoms with E-state index >= 15 is 0 Å². The topological polar surface area (TPSA) is 86.8 Å². The number of carbonyl (C=O) groups excluding carboxylic acids is 1. The summed E-state index contributed by atoms with van der Waals surface area (Å²) in [5.41, 5.74) is 6.06. The second-order valence-electron chi connectivity index (χ2n) is 5.16. The molecule has 1 heterocycles. The highest BCUT2D eigenvalue weighted by atomic mass is 16.3. The van der Waals surface area contributed by atoms with E-state index in [1.54, 1.807) is 4.90 Å². The monoisotopic (exact) mass is 264 g/mol. The zero-order chi connectivity index (χ0) is 14.0. The molecule has 0 saturated carbocycles. The molecular formula is C14H20N2O3. The first kappa shape index (κ1) is 13.7. The van der Waals surface area contributed by atoms with Crippen LogP contribution in [0, 0.1) is 5.92 Å². The molecule has 1 aromatic rings. The number of hydrogen-bond acceptors (Lipinski definition) is 4. The predicted molar refractivity (Wildman–Crippen MR) is 72.0 cm³/mol. The van der Waals surface area contributed by atoms with Gasteiger partial charge < -0.3 is 20.8 Å². The Morgan fingerprint density at radius 1 is 1.37 bits per heavy atom. The van der Waals surface area contributed by atoms with Gasteiger partial charge in [0.2, 0.25) is 0 Å². The van der Waals surface area contributed by atoms with Crippen molar-refractivity contribution in [2.75, 3.05) is 13.1 Å². The number of aromatic hydroxyl groups is 2. The fourth-order valence-corrected chi connectivity index (χ4v) is 2.75. The van der Waals surface area contributed by atoms with Crippen molar-refractivity contribution in [2.45, 2.75) is 25.8 Å². The Hall–Kier alpha value is -1.75. The number of nitrogens with zero attached hydrogens (tertiary/aromatic N) is 1. The molecule has 4 N–H and O–H groups in total. The van der Waals surface area contributed by atoms with Crippen LogP contribution in [0.1, 0.15) is 30.1 Å². The van der Waals surface area contributed by atoms with E-state index in [4.69, 9.17) is 5.73 Å². The van der Waals surface area contributed by atoms with E-state index in [2.05, 4.69) is 6.92 Å². The standard InChI is InChI=1S/C14H20N2O3/c1-9-3-2-4-16(13(9)8-15)14(19)10-5-11(17)7-12(18)6-10/h5-7,9,13,17-18H,2-4,8,15H2,1H3. The quantitative estimate of drug-likeness (QED) is 0.751. The van der Waals surface area contributed by atoms with Gasteiger partial charge in [0.15, 0.2) is 0 Å². The lowest BCUT2D eigenvalue weighted by Crippen LogP contribution is -2.51. The van der Waals surface area contributed by atoms with Crippen molar-refractivity contribution in [1.29, 1.82) is 0 Å². The van der Waals surface area contributed by atoms with E-state index < -0.39 is 0 Å². The van der Waals surface area contributed by atoms with Gasteiger partial charge in [0.05, 0.1) is 0 Å². The number of likely N-dealkylation sites (tertiary alicyclic amines) is 1. The largest absolute Gasteiger partial charge is 0.508 e. The Morgan fingerprint density at radius 3 is 2.58 bits per heavy atom. The second-order valence-corrected chi connectivity index (χ2v) is 5.16. The first-order chi connectivity index (χ1) is 9.02. The lowest BCUT2D eigenvalue weighted by atomic mass is 9.90. The molecule has 1 aromatic carbocycles. The normalized spacial score (nSPS) is 23.4. The summed E-state index contributed by atoms with van der Waals surface area (Å²) >= 11 is 0. The van der Waals surface area contributed by atoms with Gasteiger partial charge >= 0.3 is 0 Å². The van der Waals surface area contributed by atoms with E-state index in [-0.39, 0.29) is 23.4 Å². The maximum atomic E-state index is 12.5. The summed E-state index contributed by atoms with van der Waals surface area (Å²) in [6.07, 6.45) is 2.02. The first-order valence-corrected chi connectivity index (χ1v) is 6.57. The van der Waals surface area contributed by atoms with Gasteiger partial charge in [-0.1, -0.05) is 6.92 Å². The zero-order valence-electron chi connectivity index (χ0n) is 11.0. The molecule has 0 aliphatic carbocycles. The molecule has 5 heteroatoms. The molecule has 1 amide bonds. The third-order valence-corrected chi connectivity index (χ3v) is 3.77. The number of benzene rings is 1. The fourth-order valence-electron chi connectivity index (χ4n) is 2.75. The molecule has 19 heavy (non-hydrogen) atoms. The molecule has 2 unspecified atom stereocenters. The number of piperidine rings is 1. The third kappa shape index (κ3) is 2.81. The molecule has 0 aromatic heterocycles. The van der Waals surface area contributed by atoms with Crippen molar-refractivity contribution < 1.29 is 15.0 Å². The van der Waals surface area contributed by atoms with Crippen LogP contribution in [0.5, 0.6) is 11.5 Å². The molecule has 1 aliphatic heterocycles. The van der Waals surface area contributed by atoms with E-state index in [0.29, 0.717) is 24.6 Å². The number of hydrogen-bond donors (Lipinski definition) is 3. The van der Waals surface area contributed by atoms with Crippen LogP contribution in [0.2, 0.25) is 0 Å². The van der Waals surface area contributed by atoms with E-state index in [1.165, 1.54) is 18.2 Å². The fraction of sp³-hybridized carbons (Fsp3) is 0.500. The van der Waals surface area contributed by atoms with Gasteiger partial charge in [-0.05, 0) is 30.9 Å². The maximum absolute atomic E-state index is 12.5. The van der Waals surface area contributed by atoms with Crippen LogP contribution in [0.3, 0.4) is 0 Å². The van der Waals surface area contributed by atoms with Gasteiger partial charge in [-0.15, -0.1) is 0 Å². The predicted octanol–water partition coefficient (Wildman–Crippen LogP) is 1.30. The molecular weight excluding hydrogens is 244 g/mol. The highest BCUT2D eigenvalue weighted by molar-refractivity contribution is 5.95. The number of phenols is 2. The summed E-state index contributed by atoms with van der Waals surface area (Å²) in [4.78, 5) is 14.2. The van der Waals surface area contributed by atoms with Crippen LogP contribution in [0.15, 0.2) is 18.2 Å². The molecule has 0 radical (unpaired) electrons. The van der Waals surface area contributed by atoms with Crippen LogP contribution in [-0.4, -0.2) is 40.2 Å². The third-order valence-electron chi connectivity index (χ3n) is 3.77. The van der Waals surface area contributed by atoms with Crippen molar-refractivity contribution in [2.24, 2.45) is 11.7 Å². The van der Waals surface area contributed by atoms with Crippen molar-refractivity contribution in [3.05, 3.63) is 23.8 Å². The van der Waals surface area contributed by atoms with Crippen molar-refractivity contribution in [3.8, 4) is 11.5 Å². The van der Waals surface area contributed by atoms with Crippen LogP contribution < -0.4 is 5.73 Å². The van der Waals surface area contributed by atoms with Gasteiger partial charge in [0.1, 0.15) is 11.5 Å². The highest BCUT2D eigenvalue weighted by Gasteiger charge is 2.31. The van der Waals surface area contributed by atoms with E-state index in [9.17, 15) is 15.0 Å². The van der Waals surface area contributed by atoms with Crippen molar-refractivity contribution >= 4 is 5.91 Å². The number of amides is 1. The van der Waals surface area contributed by atoms with Crippen molar-refractivity contribution in [1.82, 2.24) is 4.90 Å². The smallest absolute Gasteiger partial charge is 0.254 e. The minimum Gasteiger partial charge on any atom is -0.508 e. The molecule has 2 rings (SSSR count). The molecule has 104 valence electrons. The second kappa shape index (κ2) is 5.48. The Balaban J connectivity index is 2.26. The summed E-state index contributed by atoms with van der Waals surface area (Å²) in [6, 6.07) is 3.96. The number of phenolic OH excluding ortho intramolecular Hbond substituents is 2. The average Bonchev–Trinajstić information content (AvgIpc) is 2.36. The molecule has 2 atom stereocenters. The maximum Gasteiger partial charge on any atom is 0.254 e. The van der Waals surface area contributed by atoms with Crippen LogP contribution in [-0.2, 0) is 0 Å². The molecule has 0 spiro atoms. The Labute approximate surface area is 112 Å². The number of nitrogens with two attached hydrogens (primary N) is 1. The zero-order valence-corrected chi connectivity index (χ0v) is 11.0. The summed E-state index contributed by atoms with van der Waals surface area (Å²) in [5, 5.41) is 18.9. The van der Waals surface area contributed by atoms with Gasteiger partial charge in [0, 0.05) is 30.8 Å². The minimum absolute atomic E-state index is 0.0192. The average molecular weight is 264 g/mol. The van der Waals surface area contributed by atoms with Crippen LogP contribution >= 0.6 is 0 Å². The Morgan fingerprint density at radius 2 is 2.00 bits per heavy atom. The van der Waals surface area contributed by atoms with Gasteiger partial charge in [-0.25, -0.2) is 0 Å². The first-order valence-electron chi connectivity index (χ1n) is 6.57. The SMILES string of the molecule is CC1CCCN(C(=O)c2cc(O)cc(O)c2)C1CN. The van der Waals surface area contributed by atoms with Crippen LogP contribution in [0.25, 0.3) is 0 Å². The molecule has 1 saturated heterocycles. The van der Waals surface area contributed by atoms with Gasteiger partial charge in [-0.2, -0.15) is 0 Å². The summed E-state index contributed by atoms with van der Waals surface area (Å²) in [7, 11) is 0. The van der Waals surface area contributed by atoms with Gasteiger partial charge in [0.25, 0.3) is 5.91 Å².